The number of aliphatic hydroxyl groups excluding tert-OH is 3. The van der Waals surface area contributed by atoms with Gasteiger partial charge in [-0.1, -0.05) is 12.1 Å². The second kappa shape index (κ2) is 13.5. The second-order valence-electron chi connectivity index (χ2n) is 12.1. The third-order valence-electron chi connectivity index (χ3n) is 8.79. The number of phenols is 2. The molecule has 3 aliphatic heterocycles. The fourth-order valence-electron chi connectivity index (χ4n) is 5.84. The molecule has 3 heterocycles. The Kier molecular flexibility index (Phi) is 9.37. The minimum atomic E-state index is -1.79. The highest BCUT2D eigenvalue weighted by atomic mass is 16.7. The molecule has 0 spiro atoms. The first-order valence-electron chi connectivity index (χ1n) is 15.5. The molecule has 6 N–H and O–H groups in total. The van der Waals surface area contributed by atoms with Crippen LogP contribution in [0.5, 0.6) is 28.7 Å². The third kappa shape index (κ3) is 6.46. The summed E-state index contributed by atoms with van der Waals surface area (Å²) >= 11 is 0. The van der Waals surface area contributed by atoms with E-state index in [0.29, 0.717) is 29.8 Å². The number of aliphatic hydroxyl groups is 3. The van der Waals surface area contributed by atoms with Gasteiger partial charge in [0.15, 0.2) is 5.78 Å². The fraction of sp³-hybridized carbons (Fsp3) is 0.382. The van der Waals surface area contributed by atoms with Crippen molar-refractivity contribution in [1.82, 2.24) is 10.2 Å². The van der Waals surface area contributed by atoms with Crippen LogP contribution in [0.15, 0.2) is 42.5 Å². The zero-order valence-electron chi connectivity index (χ0n) is 26.8. The lowest BCUT2D eigenvalue weighted by molar-refractivity contribution is -0.277. The Bertz CT molecular complexity index is 1800. The summed E-state index contributed by atoms with van der Waals surface area (Å²) in [7, 11) is 3.32. The van der Waals surface area contributed by atoms with Gasteiger partial charge in [0.2, 0.25) is 6.29 Å². The molecule has 0 aliphatic carbocycles. The molecule has 49 heavy (non-hydrogen) atoms. The average molecular weight is 681 g/mol. The lowest BCUT2D eigenvalue weighted by Crippen LogP contribution is -2.60. The molecule has 0 aromatic heterocycles. The van der Waals surface area contributed by atoms with Crippen LogP contribution >= 0.6 is 0 Å². The number of benzene rings is 3. The molecule has 0 saturated carbocycles. The maximum absolute atomic E-state index is 13.4. The monoisotopic (exact) mass is 680 g/mol. The van der Waals surface area contributed by atoms with Crippen molar-refractivity contribution in [3.05, 3.63) is 64.7 Å². The van der Waals surface area contributed by atoms with Gasteiger partial charge in [-0.15, -0.1) is 0 Å². The van der Waals surface area contributed by atoms with Crippen molar-refractivity contribution in [3.8, 4) is 39.9 Å². The van der Waals surface area contributed by atoms with E-state index < -0.39 is 72.8 Å². The van der Waals surface area contributed by atoms with Gasteiger partial charge in [-0.25, -0.2) is 9.59 Å². The number of nitrogens with one attached hydrogen (secondary N) is 1. The van der Waals surface area contributed by atoms with Crippen LogP contribution in [0, 0.1) is 6.92 Å². The van der Waals surface area contributed by atoms with Crippen LogP contribution in [0.4, 0.5) is 4.79 Å². The zero-order valence-corrected chi connectivity index (χ0v) is 26.8. The van der Waals surface area contributed by atoms with Gasteiger partial charge in [0.05, 0.1) is 6.42 Å². The first-order chi connectivity index (χ1) is 23.4. The Balaban J connectivity index is 1.48. The molecule has 15 heteroatoms. The Labute approximate surface area is 280 Å². The maximum Gasteiger partial charge on any atom is 0.415 e. The van der Waals surface area contributed by atoms with Crippen LogP contribution in [0.25, 0.3) is 11.1 Å². The van der Waals surface area contributed by atoms with Crippen LogP contribution in [0.1, 0.15) is 44.4 Å². The fourth-order valence-corrected chi connectivity index (χ4v) is 5.84. The molecule has 260 valence electrons. The van der Waals surface area contributed by atoms with Gasteiger partial charge in [-0.05, 0) is 49.4 Å². The number of hydrogen-bond acceptors (Lipinski definition) is 14. The standard InChI is InChI=1S/C34H36N2O13/c1-15-23-13-25-27(28(15)39)21(38)12-24(46-25)17-5-7-22(49-34(44)36(3)9-8-35-2)18(11-17)16-4-6-20(37)19(10-16)32(43)45-14-26-29(40)30(41)31(42)33(47-23)48-26/h4-7,10-11,13,24,26,29-31,33,35,37,39-42H,8-9,12,14H2,1-3H3/t24-,26?,29?,30?,31?,33?/m1/s1. The van der Waals surface area contributed by atoms with Gasteiger partial charge in [0.1, 0.15) is 77.0 Å². The molecule has 9 bridgehead atoms. The van der Waals surface area contributed by atoms with E-state index in [-0.39, 0.29) is 40.4 Å². The molecule has 3 aliphatic rings. The first kappa shape index (κ1) is 34.0. The first-order valence-corrected chi connectivity index (χ1v) is 15.5. The predicted octanol–water partition coefficient (Wildman–Crippen LogP) is 1.79. The Hall–Kier alpha value is -4.93. The zero-order chi connectivity index (χ0) is 35.1. The Morgan fingerprint density at radius 1 is 0.980 bits per heavy atom. The van der Waals surface area contributed by atoms with Gasteiger partial charge in [-0.2, -0.15) is 0 Å². The maximum atomic E-state index is 13.4. The normalized spacial score (nSPS) is 24.5. The molecule has 1 saturated heterocycles. The van der Waals surface area contributed by atoms with E-state index in [2.05, 4.69) is 5.32 Å². The molecular weight excluding hydrogens is 644 g/mol. The quantitative estimate of drug-likeness (QED) is 0.217. The minimum Gasteiger partial charge on any atom is -0.507 e. The number of likely N-dealkylation sites (N-methyl/N-ethyl adjacent to an activating group) is 2. The molecule has 5 unspecified atom stereocenters. The summed E-state index contributed by atoms with van der Waals surface area (Å²) in [6, 6.07) is 10.2. The Morgan fingerprint density at radius 3 is 2.51 bits per heavy atom. The summed E-state index contributed by atoms with van der Waals surface area (Å²) < 4.78 is 28.9. The molecule has 0 radical (unpaired) electrons. The van der Waals surface area contributed by atoms with Crippen molar-refractivity contribution >= 4 is 17.8 Å². The van der Waals surface area contributed by atoms with Crippen molar-refractivity contribution in [2.75, 3.05) is 33.8 Å². The highest BCUT2D eigenvalue weighted by Crippen LogP contribution is 2.46. The van der Waals surface area contributed by atoms with E-state index in [4.69, 9.17) is 23.7 Å². The van der Waals surface area contributed by atoms with Crippen LogP contribution in [0.3, 0.4) is 0 Å². The average Bonchev–Trinajstić information content (AvgIpc) is 3.08. The molecule has 1 amide bonds. The molecule has 1 fully saturated rings. The molecular formula is C34H36N2O13. The summed E-state index contributed by atoms with van der Waals surface area (Å²) in [4.78, 5) is 41.1. The van der Waals surface area contributed by atoms with Gasteiger partial charge in [-0.3, -0.25) is 4.79 Å². The van der Waals surface area contributed by atoms with Crippen molar-refractivity contribution in [2.45, 2.75) is 50.2 Å². The highest BCUT2D eigenvalue weighted by molar-refractivity contribution is 6.03. The van der Waals surface area contributed by atoms with Gasteiger partial charge in [0.25, 0.3) is 0 Å². The number of carbonyl (C=O) groups excluding carboxylic acids is 3. The van der Waals surface area contributed by atoms with Crippen molar-refractivity contribution in [2.24, 2.45) is 0 Å². The van der Waals surface area contributed by atoms with Gasteiger partial charge < -0.3 is 59.4 Å². The lowest BCUT2D eigenvalue weighted by Gasteiger charge is -2.40. The lowest BCUT2D eigenvalue weighted by atomic mass is 9.92. The number of aromatic hydroxyl groups is 2. The number of nitrogens with zero attached hydrogens (tertiary/aromatic N) is 1. The summed E-state index contributed by atoms with van der Waals surface area (Å²) in [6.45, 7) is 1.71. The number of hydrogen-bond donors (Lipinski definition) is 6. The van der Waals surface area contributed by atoms with E-state index in [1.54, 1.807) is 26.2 Å². The van der Waals surface area contributed by atoms with Gasteiger partial charge >= 0.3 is 12.1 Å². The predicted molar refractivity (Wildman–Crippen MR) is 169 cm³/mol. The minimum absolute atomic E-state index is 0.0213. The second-order valence-corrected chi connectivity index (χ2v) is 12.1. The van der Waals surface area contributed by atoms with Crippen molar-refractivity contribution in [1.29, 1.82) is 0 Å². The van der Waals surface area contributed by atoms with Crippen LogP contribution in [0.2, 0.25) is 0 Å². The summed E-state index contributed by atoms with van der Waals surface area (Å²) in [6.07, 6.45) is -10.0. The number of ketones is 1. The summed E-state index contributed by atoms with van der Waals surface area (Å²) in [5, 5.41) is 56.5. The number of phenolic OH excluding ortho intramolecular Hbond substituents is 2. The number of Topliss-reactive ketones (excluding diaryl/α,β-unsaturated/α-hetero) is 1. The van der Waals surface area contributed by atoms with E-state index in [1.807, 2.05) is 0 Å². The largest absolute Gasteiger partial charge is 0.507 e. The van der Waals surface area contributed by atoms with E-state index >= 15 is 0 Å². The van der Waals surface area contributed by atoms with Gasteiger partial charge in [0, 0.05) is 37.3 Å². The highest BCUT2D eigenvalue weighted by Gasteiger charge is 2.46. The van der Waals surface area contributed by atoms with Crippen molar-refractivity contribution in [3.63, 3.8) is 0 Å². The Morgan fingerprint density at radius 2 is 1.76 bits per heavy atom. The molecule has 3 aromatic rings. The molecule has 3 aromatic carbocycles. The van der Waals surface area contributed by atoms with Crippen LogP contribution < -0.4 is 19.5 Å². The number of carbonyl (C=O) groups is 3. The van der Waals surface area contributed by atoms with E-state index in [0.717, 1.165) is 0 Å². The van der Waals surface area contributed by atoms with E-state index in [1.165, 1.54) is 42.2 Å². The van der Waals surface area contributed by atoms with E-state index in [9.17, 15) is 39.9 Å². The van der Waals surface area contributed by atoms with Crippen molar-refractivity contribution < 1.29 is 63.6 Å². The third-order valence-corrected chi connectivity index (χ3v) is 8.79. The number of ether oxygens (including phenoxy) is 5. The molecule has 6 atom stereocenters. The molecule has 6 rings (SSSR count). The van der Waals surface area contributed by atoms with Crippen LogP contribution in [-0.4, -0.2) is 113 Å². The summed E-state index contributed by atoms with van der Waals surface area (Å²) in [5.74, 6) is -2.27. The van der Waals surface area contributed by atoms with Crippen LogP contribution in [-0.2, 0) is 9.47 Å². The number of cyclic esters (lactones) is 1. The number of fused-ring (bicyclic) bond motifs is 10. The number of amides is 1. The molecule has 15 nitrogen and oxygen atoms in total. The SMILES string of the molecule is CNCCN(C)C(=O)Oc1ccc2cc1-c1ccc(O)c(c1)C(=O)OCC1OC(Oc3cc4c(c(O)c3C)C(=O)C[C@H]2O4)C(O)C(O)C1O. The number of esters is 1. The smallest absolute Gasteiger partial charge is 0.415 e. The topological polar surface area (TPSA) is 214 Å². The number of rotatable bonds is 4. The summed E-state index contributed by atoms with van der Waals surface area (Å²) in [5.41, 5.74) is 0.883.